The van der Waals surface area contributed by atoms with E-state index in [0.29, 0.717) is 20.8 Å². The van der Waals surface area contributed by atoms with Gasteiger partial charge in [0.1, 0.15) is 4.83 Å². The monoisotopic (exact) mass is 390 g/mol. The highest BCUT2D eigenvalue weighted by Crippen LogP contribution is 2.14. The molecule has 0 amide bonds. The Bertz CT molecular complexity index is 1010. The number of benzene rings is 1. The zero-order valence-electron chi connectivity index (χ0n) is 13.8. The Morgan fingerprint density at radius 3 is 2.73 bits per heavy atom. The Morgan fingerprint density at radius 2 is 2.00 bits per heavy atom. The van der Waals surface area contributed by atoms with E-state index >= 15 is 0 Å². The topological polar surface area (TPSA) is 78.3 Å². The number of nitrogens with zero attached hydrogens (tertiary/aromatic N) is 2. The van der Waals surface area contributed by atoms with Crippen molar-refractivity contribution < 1.29 is 14.3 Å². The zero-order chi connectivity index (χ0) is 18.7. The van der Waals surface area contributed by atoms with Crippen LogP contribution in [-0.4, -0.2) is 27.4 Å². The fraction of sp³-hybridized carbons (Fsp3) is 0.222. The average molecular weight is 391 g/mol. The molecule has 0 aliphatic heterocycles. The molecular weight excluding hydrogens is 376 g/mol. The van der Waals surface area contributed by atoms with Gasteiger partial charge < -0.3 is 4.74 Å². The lowest BCUT2D eigenvalue weighted by Crippen LogP contribution is -2.26. The molecule has 0 spiro atoms. The van der Waals surface area contributed by atoms with Crippen LogP contribution in [0.25, 0.3) is 10.2 Å². The van der Waals surface area contributed by atoms with Crippen LogP contribution in [0.3, 0.4) is 0 Å². The van der Waals surface area contributed by atoms with Crippen LogP contribution in [0.1, 0.15) is 23.7 Å². The minimum absolute atomic E-state index is 0.0323. The first-order chi connectivity index (χ1) is 12.5. The van der Waals surface area contributed by atoms with Crippen LogP contribution in [0, 0.1) is 0 Å². The molecule has 6 nitrogen and oxygen atoms in total. The Hall–Kier alpha value is -2.51. The maximum atomic E-state index is 12.3. The van der Waals surface area contributed by atoms with Crippen LogP contribution in [0.2, 0.25) is 5.02 Å². The van der Waals surface area contributed by atoms with Gasteiger partial charge in [0.2, 0.25) is 5.78 Å². The second kappa shape index (κ2) is 7.80. The number of fused-ring (bicyclic) bond motifs is 1. The van der Waals surface area contributed by atoms with E-state index in [4.69, 9.17) is 16.3 Å². The highest BCUT2D eigenvalue weighted by Gasteiger charge is 2.19. The highest BCUT2D eigenvalue weighted by molar-refractivity contribution is 7.16. The first-order valence-electron chi connectivity index (χ1n) is 7.87. The van der Waals surface area contributed by atoms with E-state index in [1.807, 2.05) is 0 Å². The third-order valence-electron chi connectivity index (χ3n) is 3.81. The maximum absolute atomic E-state index is 12.3. The molecule has 0 N–H and O–H groups in total. The Balaban J connectivity index is 1.59. The van der Waals surface area contributed by atoms with Gasteiger partial charge in [0.15, 0.2) is 6.10 Å². The molecule has 0 fully saturated rings. The summed E-state index contributed by atoms with van der Waals surface area (Å²) in [6.07, 6.45) is 0.463. The van der Waals surface area contributed by atoms with Crippen molar-refractivity contribution in [1.29, 1.82) is 0 Å². The molecule has 0 radical (unpaired) electrons. The molecule has 0 aliphatic carbocycles. The van der Waals surface area contributed by atoms with Gasteiger partial charge in [0, 0.05) is 17.1 Å². The number of carbonyl (C=O) groups is 2. The Kier molecular flexibility index (Phi) is 5.49. The van der Waals surface area contributed by atoms with Crippen molar-refractivity contribution in [2.75, 3.05) is 0 Å². The van der Waals surface area contributed by atoms with Gasteiger partial charge >= 0.3 is 5.97 Å². The third-order valence-corrected chi connectivity index (χ3v) is 4.89. The van der Waals surface area contributed by atoms with Crippen LogP contribution in [0.15, 0.2) is 46.8 Å². The molecule has 26 heavy (non-hydrogen) atoms. The molecule has 2 heterocycles. The second-order valence-electron chi connectivity index (χ2n) is 5.64. The van der Waals surface area contributed by atoms with Gasteiger partial charge in [-0.2, -0.15) is 0 Å². The van der Waals surface area contributed by atoms with Crippen LogP contribution in [-0.2, 0) is 16.1 Å². The number of esters is 1. The number of carbonyl (C=O) groups excluding carboxylic acids is 2. The molecule has 3 rings (SSSR count). The van der Waals surface area contributed by atoms with Crippen LogP contribution < -0.4 is 5.56 Å². The number of rotatable bonds is 6. The molecule has 0 saturated heterocycles. The predicted octanol–water partition coefficient (Wildman–Crippen LogP) is 3.32. The summed E-state index contributed by atoms with van der Waals surface area (Å²) in [7, 11) is 0. The number of thiophene rings is 1. The van der Waals surface area contributed by atoms with E-state index in [2.05, 4.69) is 4.98 Å². The summed E-state index contributed by atoms with van der Waals surface area (Å²) in [6, 6.07) is 8.07. The zero-order valence-corrected chi connectivity index (χ0v) is 15.4. The standard InChI is InChI=1S/C18H15ClN2O4S/c1-11(16(23)12-2-4-13(19)5-3-12)25-15(22)6-8-21-10-20-17-14(18(21)24)7-9-26-17/h2-5,7,9-11H,6,8H2,1H3. The summed E-state index contributed by atoms with van der Waals surface area (Å²) in [6.45, 7) is 1.65. The third kappa shape index (κ3) is 4.00. The van der Waals surface area contributed by atoms with Crippen LogP contribution in [0.4, 0.5) is 0 Å². The second-order valence-corrected chi connectivity index (χ2v) is 6.97. The smallest absolute Gasteiger partial charge is 0.308 e. The van der Waals surface area contributed by atoms with Gasteiger partial charge in [0.05, 0.1) is 18.1 Å². The van der Waals surface area contributed by atoms with Gasteiger partial charge in [-0.05, 0) is 42.6 Å². The van der Waals surface area contributed by atoms with Crippen LogP contribution in [0.5, 0.6) is 0 Å². The van der Waals surface area contributed by atoms with E-state index in [1.54, 1.807) is 35.7 Å². The highest BCUT2D eigenvalue weighted by atomic mass is 35.5. The first-order valence-corrected chi connectivity index (χ1v) is 9.13. The number of ketones is 1. The van der Waals surface area contributed by atoms with Crippen molar-refractivity contribution >= 4 is 44.9 Å². The van der Waals surface area contributed by atoms with Crippen molar-refractivity contribution in [2.24, 2.45) is 0 Å². The number of hydrogen-bond donors (Lipinski definition) is 0. The fourth-order valence-electron chi connectivity index (χ4n) is 2.42. The fourth-order valence-corrected chi connectivity index (χ4v) is 3.27. The molecule has 0 saturated carbocycles. The molecular formula is C18H15ClN2O4S. The maximum Gasteiger partial charge on any atom is 0.308 e. The summed E-state index contributed by atoms with van der Waals surface area (Å²) in [4.78, 5) is 41.4. The van der Waals surface area contributed by atoms with Crippen molar-refractivity contribution in [3.63, 3.8) is 0 Å². The minimum atomic E-state index is -0.919. The summed E-state index contributed by atoms with van der Waals surface area (Å²) < 4.78 is 6.54. The molecule has 0 bridgehead atoms. The van der Waals surface area contributed by atoms with Gasteiger partial charge in [-0.1, -0.05) is 11.6 Å². The largest absolute Gasteiger partial charge is 0.454 e. The molecule has 0 aliphatic rings. The molecule has 2 aromatic heterocycles. The summed E-state index contributed by atoms with van der Waals surface area (Å²) in [5.41, 5.74) is 0.215. The molecule has 134 valence electrons. The SMILES string of the molecule is CC(OC(=O)CCn1cnc2sccc2c1=O)C(=O)c1ccc(Cl)cc1. The van der Waals surface area contributed by atoms with Crippen LogP contribution >= 0.6 is 22.9 Å². The lowest BCUT2D eigenvalue weighted by atomic mass is 10.1. The van der Waals surface area contributed by atoms with E-state index in [-0.39, 0.29) is 24.3 Å². The molecule has 8 heteroatoms. The molecule has 3 aromatic rings. The van der Waals surface area contributed by atoms with E-state index in [9.17, 15) is 14.4 Å². The summed E-state index contributed by atoms with van der Waals surface area (Å²) in [5.74, 6) is -0.870. The number of halogens is 1. The van der Waals surface area contributed by atoms with Crippen molar-refractivity contribution in [1.82, 2.24) is 9.55 Å². The summed E-state index contributed by atoms with van der Waals surface area (Å²) in [5, 5.41) is 2.84. The van der Waals surface area contributed by atoms with E-state index < -0.39 is 12.1 Å². The van der Waals surface area contributed by atoms with Gasteiger partial charge in [-0.15, -0.1) is 11.3 Å². The number of aryl methyl sites for hydroxylation is 1. The Morgan fingerprint density at radius 1 is 1.27 bits per heavy atom. The molecule has 1 atom stereocenters. The quantitative estimate of drug-likeness (QED) is 0.476. The van der Waals surface area contributed by atoms with E-state index in [1.165, 1.54) is 29.2 Å². The number of Topliss-reactive ketones (excluding diaryl/α,β-unsaturated/α-hetero) is 1. The summed E-state index contributed by atoms with van der Waals surface area (Å²) >= 11 is 7.18. The number of aromatic nitrogens is 2. The first kappa shape index (κ1) is 18.3. The molecule has 1 unspecified atom stereocenters. The normalized spacial score (nSPS) is 12.1. The lowest BCUT2D eigenvalue weighted by molar-refractivity contribution is -0.146. The van der Waals surface area contributed by atoms with Gasteiger partial charge in [0.25, 0.3) is 5.56 Å². The number of ether oxygens (including phenoxy) is 1. The van der Waals surface area contributed by atoms with E-state index in [0.717, 1.165) is 0 Å². The lowest BCUT2D eigenvalue weighted by Gasteiger charge is -2.13. The van der Waals surface area contributed by atoms with Gasteiger partial charge in [-0.25, -0.2) is 4.98 Å². The predicted molar refractivity (Wildman–Crippen MR) is 99.8 cm³/mol. The Labute approximate surface area is 158 Å². The van der Waals surface area contributed by atoms with Crippen molar-refractivity contribution in [2.45, 2.75) is 26.0 Å². The van der Waals surface area contributed by atoms with Crippen molar-refractivity contribution in [3.8, 4) is 0 Å². The minimum Gasteiger partial charge on any atom is -0.454 e. The van der Waals surface area contributed by atoms with Crippen molar-refractivity contribution in [3.05, 3.63) is 63.0 Å². The van der Waals surface area contributed by atoms with Gasteiger partial charge in [-0.3, -0.25) is 19.0 Å². The number of hydrogen-bond acceptors (Lipinski definition) is 6. The molecule has 1 aromatic carbocycles. The average Bonchev–Trinajstić information content (AvgIpc) is 3.11.